The van der Waals surface area contributed by atoms with Gasteiger partial charge in [-0.05, 0) is 36.4 Å². The van der Waals surface area contributed by atoms with E-state index in [0.29, 0.717) is 5.56 Å². The summed E-state index contributed by atoms with van der Waals surface area (Å²) in [6.45, 7) is -0.550. The summed E-state index contributed by atoms with van der Waals surface area (Å²) < 4.78 is 30.5. The van der Waals surface area contributed by atoms with Gasteiger partial charge in [0.15, 0.2) is 6.61 Å². The molecule has 2 aromatic rings. The van der Waals surface area contributed by atoms with E-state index in [1.165, 1.54) is 32.3 Å². The van der Waals surface area contributed by atoms with Crippen LogP contribution in [0.25, 0.3) is 0 Å². The third kappa shape index (κ3) is 5.69. The molecule has 2 rings (SSSR count). The van der Waals surface area contributed by atoms with Gasteiger partial charge in [0.2, 0.25) is 10.0 Å². The van der Waals surface area contributed by atoms with Crippen LogP contribution in [0.5, 0.6) is 0 Å². The van der Waals surface area contributed by atoms with E-state index in [9.17, 15) is 18.0 Å². The molecule has 0 saturated heterocycles. The summed E-state index contributed by atoms with van der Waals surface area (Å²) in [6.07, 6.45) is 0. The van der Waals surface area contributed by atoms with Gasteiger partial charge in [0.25, 0.3) is 5.91 Å². The SMILES string of the molecule is CN(C)c1cccc(C(=O)OCC(=O)Nc2cc(S(=O)(=O)N(C)C)ccc2Cl)c1. The molecule has 0 saturated carbocycles. The molecular weight excluding hydrogens is 418 g/mol. The number of hydrogen-bond acceptors (Lipinski definition) is 6. The Hall–Kier alpha value is -2.62. The third-order valence-corrected chi connectivity index (χ3v) is 6.06. The first-order chi connectivity index (χ1) is 13.5. The van der Waals surface area contributed by atoms with Crippen molar-refractivity contribution in [2.24, 2.45) is 0 Å². The predicted molar refractivity (Wildman–Crippen MR) is 112 cm³/mol. The number of sulfonamides is 1. The van der Waals surface area contributed by atoms with Crippen LogP contribution in [0.4, 0.5) is 11.4 Å². The summed E-state index contributed by atoms with van der Waals surface area (Å²) in [6, 6.07) is 10.7. The molecule has 0 unspecified atom stereocenters. The lowest BCUT2D eigenvalue weighted by atomic mass is 10.2. The van der Waals surface area contributed by atoms with Crippen molar-refractivity contribution in [3.05, 3.63) is 53.1 Å². The maximum absolute atomic E-state index is 12.2. The van der Waals surface area contributed by atoms with E-state index in [-0.39, 0.29) is 15.6 Å². The molecule has 0 aliphatic carbocycles. The molecule has 8 nitrogen and oxygen atoms in total. The van der Waals surface area contributed by atoms with E-state index in [2.05, 4.69) is 5.32 Å². The lowest BCUT2D eigenvalue weighted by molar-refractivity contribution is -0.119. The number of carbonyl (C=O) groups excluding carboxylic acids is 2. The van der Waals surface area contributed by atoms with Crippen LogP contribution in [0.1, 0.15) is 10.4 Å². The average Bonchev–Trinajstić information content (AvgIpc) is 2.67. The number of rotatable bonds is 7. The van der Waals surface area contributed by atoms with Gasteiger partial charge in [-0.3, -0.25) is 4.79 Å². The van der Waals surface area contributed by atoms with Crippen LogP contribution < -0.4 is 10.2 Å². The van der Waals surface area contributed by atoms with Gasteiger partial charge >= 0.3 is 5.97 Å². The van der Waals surface area contributed by atoms with Crippen molar-refractivity contribution in [3.63, 3.8) is 0 Å². The van der Waals surface area contributed by atoms with E-state index in [0.717, 1.165) is 9.99 Å². The van der Waals surface area contributed by atoms with E-state index >= 15 is 0 Å². The van der Waals surface area contributed by atoms with Gasteiger partial charge in [-0.2, -0.15) is 0 Å². The molecule has 0 aromatic heterocycles. The second-order valence-corrected chi connectivity index (χ2v) is 9.06. The van der Waals surface area contributed by atoms with Gasteiger partial charge < -0.3 is 15.0 Å². The fourth-order valence-corrected chi connectivity index (χ4v) is 3.38. The number of carbonyl (C=O) groups is 2. The minimum absolute atomic E-state index is 0.0281. The van der Waals surface area contributed by atoms with Crippen molar-refractivity contribution in [1.29, 1.82) is 0 Å². The van der Waals surface area contributed by atoms with Crippen molar-refractivity contribution in [2.45, 2.75) is 4.90 Å². The molecule has 2 aromatic carbocycles. The zero-order chi connectivity index (χ0) is 21.8. The van der Waals surface area contributed by atoms with Crippen LogP contribution in [0.2, 0.25) is 5.02 Å². The van der Waals surface area contributed by atoms with Gasteiger partial charge in [-0.15, -0.1) is 0 Å². The summed E-state index contributed by atoms with van der Waals surface area (Å²) >= 11 is 6.04. The number of hydrogen-bond donors (Lipinski definition) is 1. The number of esters is 1. The summed E-state index contributed by atoms with van der Waals surface area (Å²) in [5.41, 5.74) is 1.22. The van der Waals surface area contributed by atoms with Crippen molar-refractivity contribution in [1.82, 2.24) is 4.31 Å². The maximum Gasteiger partial charge on any atom is 0.338 e. The number of benzene rings is 2. The fraction of sp³-hybridized carbons (Fsp3) is 0.263. The first kappa shape index (κ1) is 22.7. The van der Waals surface area contributed by atoms with Crippen LogP contribution in [0, 0.1) is 0 Å². The minimum Gasteiger partial charge on any atom is -0.452 e. The highest BCUT2D eigenvalue weighted by molar-refractivity contribution is 7.89. The Kier molecular flexibility index (Phi) is 7.23. The Bertz CT molecular complexity index is 1020. The van der Waals surface area contributed by atoms with Gasteiger partial charge in [-0.1, -0.05) is 17.7 Å². The lowest BCUT2D eigenvalue weighted by Gasteiger charge is -2.14. The molecule has 1 amide bonds. The van der Waals surface area contributed by atoms with Gasteiger partial charge in [0.05, 0.1) is 21.2 Å². The predicted octanol–water partition coefficient (Wildman–Crippen LogP) is 2.45. The Morgan fingerprint density at radius 1 is 1.07 bits per heavy atom. The van der Waals surface area contributed by atoms with Crippen LogP contribution >= 0.6 is 11.6 Å². The average molecular weight is 440 g/mol. The summed E-state index contributed by atoms with van der Waals surface area (Å²) in [5.74, 6) is -1.30. The Balaban J connectivity index is 2.06. The number of nitrogens with one attached hydrogen (secondary N) is 1. The van der Waals surface area contributed by atoms with Crippen LogP contribution in [0.15, 0.2) is 47.4 Å². The molecule has 0 bridgehead atoms. The molecule has 1 N–H and O–H groups in total. The topological polar surface area (TPSA) is 96.0 Å². The normalized spacial score (nSPS) is 11.2. The number of nitrogens with zero attached hydrogens (tertiary/aromatic N) is 2. The molecule has 0 spiro atoms. The van der Waals surface area contributed by atoms with E-state index in [1.54, 1.807) is 18.2 Å². The Labute approximate surface area is 175 Å². The quantitative estimate of drug-likeness (QED) is 0.666. The summed E-state index contributed by atoms with van der Waals surface area (Å²) in [5, 5.41) is 2.61. The highest BCUT2D eigenvalue weighted by atomic mass is 35.5. The van der Waals surface area contributed by atoms with Gasteiger partial charge in [-0.25, -0.2) is 17.5 Å². The molecule has 0 heterocycles. The lowest BCUT2D eigenvalue weighted by Crippen LogP contribution is -2.23. The monoisotopic (exact) mass is 439 g/mol. The van der Waals surface area contributed by atoms with Crippen molar-refractivity contribution < 1.29 is 22.7 Å². The summed E-state index contributed by atoms with van der Waals surface area (Å²) in [7, 11) is 2.78. The second kappa shape index (κ2) is 9.25. The zero-order valence-corrected chi connectivity index (χ0v) is 18.0. The van der Waals surface area contributed by atoms with Crippen LogP contribution in [-0.2, 0) is 19.6 Å². The zero-order valence-electron chi connectivity index (χ0n) is 16.5. The molecule has 0 atom stereocenters. The van der Waals surface area contributed by atoms with E-state index < -0.39 is 28.5 Å². The minimum atomic E-state index is -3.69. The Morgan fingerprint density at radius 3 is 2.38 bits per heavy atom. The largest absolute Gasteiger partial charge is 0.452 e. The third-order valence-electron chi connectivity index (χ3n) is 3.92. The van der Waals surface area contributed by atoms with Crippen LogP contribution in [0.3, 0.4) is 0 Å². The molecule has 0 aliphatic rings. The number of ether oxygens (including phenoxy) is 1. The molecular formula is C19H22ClN3O5S. The first-order valence-electron chi connectivity index (χ1n) is 8.49. The number of amides is 1. The highest BCUT2D eigenvalue weighted by Gasteiger charge is 2.19. The first-order valence-corrected chi connectivity index (χ1v) is 10.3. The molecule has 0 fully saturated rings. The maximum atomic E-state index is 12.2. The standard InChI is InChI=1S/C19H22ClN3O5S/c1-22(2)14-7-5-6-13(10-14)19(25)28-12-18(24)21-17-11-15(8-9-16(17)20)29(26,27)23(3)4/h5-11H,12H2,1-4H3,(H,21,24). The Morgan fingerprint density at radius 2 is 1.76 bits per heavy atom. The second-order valence-electron chi connectivity index (χ2n) is 6.50. The smallest absolute Gasteiger partial charge is 0.338 e. The highest BCUT2D eigenvalue weighted by Crippen LogP contribution is 2.26. The van der Waals surface area contributed by atoms with Crippen molar-refractivity contribution in [3.8, 4) is 0 Å². The van der Waals surface area contributed by atoms with E-state index in [1.807, 2.05) is 25.1 Å². The van der Waals surface area contributed by atoms with E-state index in [4.69, 9.17) is 16.3 Å². The fourth-order valence-electron chi connectivity index (χ4n) is 2.28. The molecule has 29 heavy (non-hydrogen) atoms. The molecule has 10 heteroatoms. The van der Waals surface area contributed by atoms with Crippen LogP contribution in [-0.4, -0.2) is 59.4 Å². The number of halogens is 1. The van der Waals surface area contributed by atoms with Crippen molar-refractivity contribution >= 4 is 44.9 Å². The summed E-state index contributed by atoms with van der Waals surface area (Å²) in [4.78, 5) is 26.1. The molecule has 0 aliphatic heterocycles. The molecule has 156 valence electrons. The number of anilines is 2. The molecule has 0 radical (unpaired) electrons. The van der Waals surface area contributed by atoms with Gasteiger partial charge in [0.1, 0.15) is 0 Å². The van der Waals surface area contributed by atoms with Gasteiger partial charge in [0, 0.05) is 33.9 Å². The van der Waals surface area contributed by atoms with Crippen molar-refractivity contribution in [2.75, 3.05) is 45.0 Å².